The van der Waals surface area contributed by atoms with E-state index in [4.69, 9.17) is 24.8 Å². The molecule has 0 spiro atoms. The van der Waals surface area contributed by atoms with Crippen LogP contribution in [0, 0.1) is 0 Å². The summed E-state index contributed by atoms with van der Waals surface area (Å²) in [5, 5.41) is 8.83. The van der Waals surface area contributed by atoms with Crippen molar-refractivity contribution in [1.29, 1.82) is 0 Å². The third-order valence-corrected chi connectivity index (χ3v) is 8.65. The number of unbranched alkanes of at least 4 members (excludes halogenated alkanes) is 16. The highest BCUT2D eigenvalue weighted by Crippen LogP contribution is 2.43. The first-order valence-corrected chi connectivity index (χ1v) is 19.9. The Hall–Kier alpha value is -2.04. The van der Waals surface area contributed by atoms with E-state index in [0.29, 0.717) is 12.8 Å². The third-order valence-electron chi connectivity index (χ3n) is 7.70. The Morgan fingerprint density at radius 2 is 1.10 bits per heavy atom. The van der Waals surface area contributed by atoms with Crippen LogP contribution >= 0.6 is 7.82 Å². The van der Waals surface area contributed by atoms with Crippen LogP contribution < -0.4 is 5.73 Å². The second-order valence-corrected chi connectivity index (χ2v) is 13.8. The molecule has 0 aromatic carbocycles. The topological polar surface area (TPSA) is 172 Å². The maximum atomic E-state index is 12.5. The zero-order valence-electron chi connectivity index (χ0n) is 29.8. The Balaban J connectivity index is 4.39. The molecule has 0 aliphatic rings. The number of carboxylic acids is 1. The van der Waals surface area contributed by atoms with Gasteiger partial charge in [-0.05, 0) is 44.9 Å². The highest BCUT2D eigenvalue weighted by atomic mass is 31.2. The largest absolute Gasteiger partial charge is 0.480 e. The molecule has 0 aromatic rings. The van der Waals surface area contributed by atoms with Crippen LogP contribution in [0.3, 0.4) is 0 Å². The number of esters is 2. The first-order valence-electron chi connectivity index (χ1n) is 18.4. The van der Waals surface area contributed by atoms with Gasteiger partial charge in [0.1, 0.15) is 12.6 Å². The maximum absolute atomic E-state index is 12.5. The Labute approximate surface area is 290 Å². The fourth-order valence-corrected chi connectivity index (χ4v) is 5.52. The van der Waals surface area contributed by atoms with Crippen molar-refractivity contribution in [3.63, 3.8) is 0 Å². The zero-order valence-corrected chi connectivity index (χ0v) is 30.7. The number of phosphoric acid groups is 1. The van der Waals surface area contributed by atoms with Crippen LogP contribution in [0.4, 0.5) is 0 Å². The van der Waals surface area contributed by atoms with Gasteiger partial charge in [0.05, 0.1) is 13.2 Å². The smallest absolute Gasteiger partial charge is 0.472 e. The molecule has 0 aliphatic carbocycles. The van der Waals surface area contributed by atoms with Gasteiger partial charge in [0.15, 0.2) is 6.10 Å². The van der Waals surface area contributed by atoms with E-state index in [9.17, 15) is 23.8 Å². The van der Waals surface area contributed by atoms with Crippen LogP contribution in [0.15, 0.2) is 24.3 Å². The number of allylic oxidation sites excluding steroid dienone is 4. The Kier molecular flexibility index (Phi) is 30.8. The summed E-state index contributed by atoms with van der Waals surface area (Å²) in [5.74, 6) is -2.40. The van der Waals surface area contributed by atoms with Crippen LogP contribution in [-0.2, 0) is 37.5 Å². The van der Waals surface area contributed by atoms with Gasteiger partial charge in [0.2, 0.25) is 0 Å². The average Bonchev–Trinajstić information content (AvgIpc) is 3.05. The van der Waals surface area contributed by atoms with Gasteiger partial charge in [0.25, 0.3) is 0 Å². The normalized spacial score (nSPS) is 14.2. The number of carboxylic acid groups (broad SMARTS) is 1. The lowest BCUT2D eigenvalue weighted by Crippen LogP contribution is -2.34. The molecule has 3 atom stereocenters. The molecule has 12 heteroatoms. The Morgan fingerprint density at radius 3 is 1.67 bits per heavy atom. The summed E-state index contributed by atoms with van der Waals surface area (Å²) in [4.78, 5) is 45.5. The summed E-state index contributed by atoms with van der Waals surface area (Å²) in [6.45, 7) is 2.69. The first-order chi connectivity index (χ1) is 23.1. The van der Waals surface area contributed by atoms with E-state index in [1.165, 1.54) is 57.8 Å². The number of nitrogens with two attached hydrogens (primary N) is 1. The van der Waals surface area contributed by atoms with Crippen molar-refractivity contribution in [3.05, 3.63) is 24.3 Å². The second kappa shape index (κ2) is 32.2. The molecule has 0 radical (unpaired) electrons. The zero-order chi connectivity index (χ0) is 35.7. The molecule has 0 aliphatic heterocycles. The van der Waals surface area contributed by atoms with Gasteiger partial charge in [-0.25, -0.2) is 4.57 Å². The standard InChI is InChI=1S/C36H66NO10P/c1-3-5-7-9-11-12-13-14-15-16-17-18-19-20-22-24-26-28-35(39)47-32(30-45-48(42,43)46-31-33(37)36(40)41)29-44-34(38)27-25-23-21-10-8-6-4-2/h11-12,14-15,32-33H,3-10,13,16-31,37H2,1-2H3,(H,40,41)(H,42,43)/b12-11-,15-14-. The molecule has 0 saturated carbocycles. The monoisotopic (exact) mass is 703 g/mol. The summed E-state index contributed by atoms with van der Waals surface area (Å²) >= 11 is 0. The molecule has 11 nitrogen and oxygen atoms in total. The van der Waals surface area contributed by atoms with Crippen LogP contribution in [0.2, 0.25) is 0 Å². The molecular formula is C36H66NO10P. The van der Waals surface area contributed by atoms with Crippen LogP contribution in [0.25, 0.3) is 0 Å². The highest BCUT2D eigenvalue weighted by molar-refractivity contribution is 7.47. The lowest BCUT2D eigenvalue weighted by atomic mass is 10.1. The van der Waals surface area contributed by atoms with E-state index in [2.05, 4.69) is 42.7 Å². The molecule has 0 saturated heterocycles. The predicted molar refractivity (Wildman–Crippen MR) is 189 cm³/mol. The van der Waals surface area contributed by atoms with Crippen molar-refractivity contribution in [2.24, 2.45) is 5.73 Å². The van der Waals surface area contributed by atoms with Crippen molar-refractivity contribution in [1.82, 2.24) is 0 Å². The highest BCUT2D eigenvalue weighted by Gasteiger charge is 2.28. The number of ether oxygens (including phenoxy) is 2. The molecular weight excluding hydrogens is 637 g/mol. The van der Waals surface area contributed by atoms with E-state index in [1.54, 1.807) is 0 Å². The third kappa shape index (κ3) is 31.2. The SMILES string of the molecule is CCCCC/C=C\C/C=C\CCCCCCCCCC(=O)OC(COC(=O)CCCCCCCCC)COP(=O)(O)OCC(N)C(=O)O. The number of rotatable bonds is 34. The lowest BCUT2D eigenvalue weighted by Gasteiger charge is -2.20. The maximum Gasteiger partial charge on any atom is 0.472 e. The van der Waals surface area contributed by atoms with E-state index in [-0.39, 0.29) is 19.4 Å². The fraction of sp³-hybridized carbons (Fsp3) is 0.806. The predicted octanol–water partition coefficient (Wildman–Crippen LogP) is 8.72. The number of aliphatic carboxylic acids is 1. The van der Waals surface area contributed by atoms with Gasteiger partial charge in [-0.15, -0.1) is 0 Å². The van der Waals surface area contributed by atoms with Crippen molar-refractivity contribution in [2.75, 3.05) is 19.8 Å². The van der Waals surface area contributed by atoms with Crippen LogP contribution in [0.5, 0.6) is 0 Å². The molecule has 0 aromatic heterocycles. The molecule has 0 rings (SSSR count). The average molecular weight is 704 g/mol. The van der Waals surface area contributed by atoms with Gasteiger partial charge in [-0.1, -0.05) is 122 Å². The first kappa shape index (κ1) is 46.0. The van der Waals surface area contributed by atoms with Crippen molar-refractivity contribution in [3.8, 4) is 0 Å². The van der Waals surface area contributed by atoms with Gasteiger partial charge in [-0.3, -0.25) is 23.4 Å². The van der Waals surface area contributed by atoms with Crippen molar-refractivity contribution in [2.45, 2.75) is 167 Å². The van der Waals surface area contributed by atoms with Gasteiger partial charge in [0, 0.05) is 12.8 Å². The summed E-state index contributed by atoms with van der Waals surface area (Å²) in [6, 6.07) is -1.52. The number of hydrogen-bond donors (Lipinski definition) is 3. The van der Waals surface area contributed by atoms with E-state index in [0.717, 1.165) is 57.8 Å². The van der Waals surface area contributed by atoms with E-state index >= 15 is 0 Å². The lowest BCUT2D eigenvalue weighted by molar-refractivity contribution is -0.161. The van der Waals surface area contributed by atoms with Gasteiger partial charge >= 0.3 is 25.7 Å². The van der Waals surface area contributed by atoms with Crippen molar-refractivity contribution < 1.29 is 47.5 Å². The summed E-state index contributed by atoms with van der Waals surface area (Å²) in [6.07, 6.45) is 29.8. The molecule has 0 amide bonds. The number of phosphoric ester groups is 1. The summed E-state index contributed by atoms with van der Waals surface area (Å²) in [7, 11) is -4.70. The summed E-state index contributed by atoms with van der Waals surface area (Å²) < 4.78 is 32.4. The van der Waals surface area contributed by atoms with Crippen LogP contribution in [-0.4, -0.2) is 59.9 Å². The Morgan fingerprint density at radius 1 is 0.646 bits per heavy atom. The molecule has 280 valence electrons. The van der Waals surface area contributed by atoms with Crippen molar-refractivity contribution >= 4 is 25.7 Å². The van der Waals surface area contributed by atoms with E-state index in [1.807, 2.05) is 0 Å². The molecule has 0 bridgehead atoms. The second-order valence-electron chi connectivity index (χ2n) is 12.4. The minimum atomic E-state index is -4.70. The quantitative estimate of drug-likeness (QED) is 0.0253. The Bertz CT molecular complexity index is 926. The van der Waals surface area contributed by atoms with Gasteiger partial charge in [-0.2, -0.15) is 0 Å². The minimum Gasteiger partial charge on any atom is -0.480 e. The fourth-order valence-electron chi connectivity index (χ4n) is 4.74. The molecule has 0 fully saturated rings. The van der Waals surface area contributed by atoms with Gasteiger partial charge < -0.3 is 25.2 Å². The van der Waals surface area contributed by atoms with E-state index < -0.39 is 51.1 Å². The number of carbonyl (C=O) groups is 3. The number of carbonyl (C=O) groups excluding carboxylic acids is 2. The molecule has 3 unspecified atom stereocenters. The summed E-state index contributed by atoms with van der Waals surface area (Å²) in [5.41, 5.74) is 5.30. The molecule has 0 heterocycles. The molecule has 48 heavy (non-hydrogen) atoms. The van der Waals surface area contributed by atoms with Crippen LogP contribution in [0.1, 0.15) is 155 Å². The minimum absolute atomic E-state index is 0.154. The number of hydrogen-bond acceptors (Lipinski definition) is 9. The molecule has 4 N–H and O–H groups in total.